The highest BCUT2D eigenvalue weighted by molar-refractivity contribution is 7.98. The largest absolute Gasteiger partial charge is 0.121 e. The van der Waals surface area contributed by atoms with Crippen molar-refractivity contribution in [3.8, 4) is 0 Å². The van der Waals surface area contributed by atoms with Crippen LogP contribution in [0.4, 0.5) is 0 Å². The predicted molar refractivity (Wildman–Crippen MR) is 139 cm³/mol. The second-order valence-electron chi connectivity index (χ2n) is 7.36. The van der Waals surface area contributed by atoms with Gasteiger partial charge in [-0.05, 0) is 54.3 Å². The van der Waals surface area contributed by atoms with Crippen LogP contribution in [0.25, 0.3) is 0 Å². The molecule has 0 saturated carbocycles. The third-order valence-corrected chi connectivity index (χ3v) is 7.02. The molecule has 0 bridgehead atoms. The number of hydrogen-bond acceptors (Lipinski definition) is 2. The molecule has 4 rings (SSSR count). The average molecular weight is 443 g/mol. The molecule has 0 radical (unpaired) electrons. The Morgan fingerprint density at radius 1 is 0.484 bits per heavy atom. The fourth-order valence-electron chi connectivity index (χ4n) is 2.94. The molecule has 0 aliphatic rings. The van der Waals surface area contributed by atoms with Gasteiger partial charge in [-0.25, -0.2) is 0 Å². The van der Waals surface area contributed by atoms with Crippen molar-refractivity contribution >= 4 is 23.5 Å². The maximum Gasteiger partial charge on any atom is 0.0231 e. The maximum absolute atomic E-state index is 2.22. The Hall–Kier alpha value is -2.42. The van der Waals surface area contributed by atoms with Gasteiger partial charge in [-0.3, -0.25) is 0 Å². The van der Waals surface area contributed by atoms with E-state index in [2.05, 4.69) is 123 Å². The van der Waals surface area contributed by atoms with Gasteiger partial charge in [-0.1, -0.05) is 97.4 Å². The standard InChI is InChI=1S/C15H16S.C14H14S/c1-2-13-8-10-15(11-9-13)16-12-14-6-4-3-5-7-14;1-12-7-9-14(10-8-12)15-11-13-5-3-2-4-6-13/h3-11H,2,12H2,1H3;2-10H,11H2,1H3. The first-order valence-electron chi connectivity index (χ1n) is 10.7. The molecule has 0 nitrogen and oxygen atoms in total. The van der Waals surface area contributed by atoms with Gasteiger partial charge in [-0.15, -0.1) is 23.5 Å². The number of hydrogen-bond donors (Lipinski definition) is 0. The highest BCUT2D eigenvalue weighted by Crippen LogP contribution is 2.23. The molecule has 158 valence electrons. The van der Waals surface area contributed by atoms with Crippen LogP contribution in [-0.2, 0) is 17.9 Å². The molecule has 0 saturated heterocycles. The highest BCUT2D eigenvalue weighted by atomic mass is 32.2. The fraction of sp³-hybridized carbons (Fsp3) is 0.172. The van der Waals surface area contributed by atoms with E-state index < -0.39 is 0 Å². The summed E-state index contributed by atoms with van der Waals surface area (Å²) in [5, 5.41) is 0. The van der Waals surface area contributed by atoms with Gasteiger partial charge in [0.05, 0.1) is 0 Å². The van der Waals surface area contributed by atoms with E-state index >= 15 is 0 Å². The van der Waals surface area contributed by atoms with Gasteiger partial charge in [0.2, 0.25) is 0 Å². The van der Waals surface area contributed by atoms with Crippen LogP contribution in [-0.4, -0.2) is 0 Å². The van der Waals surface area contributed by atoms with Crippen LogP contribution < -0.4 is 0 Å². The Bertz CT molecular complexity index is 992. The molecule has 0 aliphatic heterocycles. The summed E-state index contributed by atoms with van der Waals surface area (Å²) in [5.41, 5.74) is 5.48. The monoisotopic (exact) mass is 442 g/mol. The molecule has 0 aromatic heterocycles. The Morgan fingerprint density at radius 3 is 1.32 bits per heavy atom. The summed E-state index contributed by atoms with van der Waals surface area (Å²) in [6.45, 7) is 4.30. The molecular weight excluding hydrogens is 412 g/mol. The van der Waals surface area contributed by atoms with Crippen LogP contribution in [0, 0.1) is 6.92 Å². The van der Waals surface area contributed by atoms with E-state index in [9.17, 15) is 0 Å². The van der Waals surface area contributed by atoms with Crippen molar-refractivity contribution in [1.82, 2.24) is 0 Å². The maximum atomic E-state index is 2.22. The molecule has 0 amide bonds. The van der Waals surface area contributed by atoms with Gasteiger partial charge in [0.1, 0.15) is 0 Å². The topological polar surface area (TPSA) is 0 Å². The lowest BCUT2D eigenvalue weighted by Gasteiger charge is -2.03. The van der Waals surface area contributed by atoms with Gasteiger partial charge in [-0.2, -0.15) is 0 Å². The van der Waals surface area contributed by atoms with Gasteiger partial charge in [0.15, 0.2) is 0 Å². The summed E-state index contributed by atoms with van der Waals surface area (Å²) in [5.74, 6) is 2.09. The van der Waals surface area contributed by atoms with Crippen molar-refractivity contribution in [2.75, 3.05) is 0 Å². The quantitative estimate of drug-likeness (QED) is 0.262. The van der Waals surface area contributed by atoms with E-state index in [1.165, 1.54) is 32.0 Å². The van der Waals surface area contributed by atoms with E-state index in [0.717, 1.165) is 17.9 Å². The fourth-order valence-corrected chi connectivity index (χ4v) is 4.65. The van der Waals surface area contributed by atoms with Crippen molar-refractivity contribution in [2.24, 2.45) is 0 Å². The number of aryl methyl sites for hydroxylation is 2. The Morgan fingerprint density at radius 2 is 0.903 bits per heavy atom. The zero-order valence-corrected chi connectivity index (χ0v) is 20.0. The second kappa shape index (κ2) is 13.1. The second-order valence-corrected chi connectivity index (χ2v) is 9.46. The summed E-state index contributed by atoms with van der Waals surface area (Å²) >= 11 is 3.77. The summed E-state index contributed by atoms with van der Waals surface area (Å²) in [6, 6.07) is 38.7. The minimum Gasteiger partial charge on any atom is -0.121 e. The molecular formula is C29H30S2. The van der Waals surface area contributed by atoms with Gasteiger partial charge < -0.3 is 0 Å². The molecule has 31 heavy (non-hydrogen) atoms. The van der Waals surface area contributed by atoms with Crippen LogP contribution in [0.2, 0.25) is 0 Å². The normalized spacial score (nSPS) is 10.3. The van der Waals surface area contributed by atoms with Crippen LogP contribution in [0.3, 0.4) is 0 Å². The minimum absolute atomic E-state index is 1.05. The SMILES string of the molecule is CCc1ccc(SCc2ccccc2)cc1.Cc1ccc(SCc2ccccc2)cc1. The van der Waals surface area contributed by atoms with E-state index in [4.69, 9.17) is 0 Å². The summed E-state index contributed by atoms with van der Waals surface area (Å²) < 4.78 is 0. The Kier molecular flexibility index (Phi) is 9.82. The van der Waals surface area contributed by atoms with Crippen LogP contribution in [0.15, 0.2) is 119 Å². The van der Waals surface area contributed by atoms with E-state index in [1.54, 1.807) is 0 Å². The number of thioether (sulfide) groups is 2. The van der Waals surface area contributed by atoms with Crippen molar-refractivity contribution < 1.29 is 0 Å². The lowest BCUT2D eigenvalue weighted by Crippen LogP contribution is -1.81. The third kappa shape index (κ3) is 8.69. The Balaban J connectivity index is 0.000000176. The zero-order chi connectivity index (χ0) is 21.7. The first-order chi connectivity index (χ1) is 15.2. The lowest BCUT2D eigenvalue weighted by molar-refractivity contribution is 1.13. The summed E-state index contributed by atoms with van der Waals surface area (Å²) in [6.07, 6.45) is 1.11. The molecule has 4 aromatic carbocycles. The molecule has 0 N–H and O–H groups in total. The first-order valence-corrected chi connectivity index (χ1v) is 12.7. The molecule has 0 aliphatic carbocycles. The van der Waals surface area contributed by atoms with Crippen LogP contribution in [0.1, 0.15) is 29.2 Å². The average Bonchev–Trinajstić information content (AvgIpc) is 2.84. The minimum atomic E-state index is 1.05. The van der Waals surface area contributed by atoms with Crippen molar-refractivity contribution in [3.05, 3.63) is 131 Å². The lowest BCUT2D eigenvalue weighted by atomic mass is 10.2. The molecule has 0 fully saturated rings. The molecule has 0 atom stereocenters. The molecule has 0 spiro atoms. The van der Waals surface area contributed by atoms with Crippen molar-refractivity contribution in [3.63, 3.8) is 0 Å². The molecule has 2 heteroatoms. The predicted octanol–water partition coefficient (Wildman–Crippen LogP) is 8.83. The van der Waals surface area contributed by atoms with E-state index in [1.807, 2.05) is 23.5 Å². The van der Waals surface area contributed by atoms with Crippen LogP contribution in [0.5, 0.6) is 0 Å². The zero-order valence-electron chi connectivity index (χ0n) is 18.3. The summed E-state index contributed by atoms with van der Waals surface area (Å²) in [7, 11) is 0. The summed E-state index contributed by atoms with van der Waals surface area (Å²) in [4.78, 5) is 2.69. The van der Waals surface area contributed by atoms with Gasteiger partial charge in [0.25, 0.3) is 0 Å². The number of rotatable bonds is 7. The van der Waals surface area contributed by atoms with Crippen molar-refractivity contribution in [1.29, 1.82) is 0 Å². The van der Waals surface area contributed by atoms with E-state index in [-0.39, 0.29) is 0 Å². The number of benzene rings is 4. The molecule has 0 unspecified atom stereocenters. The first kappa shape index (κ1) is 23.2. The van der Waals surface area contributed by atoms with Crippen molar-refractivity contribution in [2.45, 2.75) is 41.6 Å². The smallest absolute Gasteiger partial charge is 0.0231 e. The van der Waals surface area contributed by atoms with Gasteiger partial charge in [0, 0.05) is 21.3 Å². The molecule has 4 aromatic rings. The van der Waals surface area contributed by atoms with E-state index in [0.29, 0.717) is 0 Å². The van der Waals surface area contributed by atoms with Crippen LogP contribution >= 0.6 is 23.5 Å². The third-order valence-electron chi connectivity index (χ3n) is 4.85. The van der Waals surface area contributed by atoms with Gasteiger partial charge >= 0.3 is 0 Å². The Labute approximate surface area is 196 Å². The molecule has 0 heterocycles. The highest BCUT2D eigenvalue weighted by Gasteiger charge is 1.96.